The molecule has 1 amide bonds. The van der Waals surface area contributed by atoms with Crippen LogP contribution in [0.4, 0.5) is 5.13 Å². The number of halogens is 2. The molecule has 0 aliphatic heterocycles. The number of carbonyl (C=O) groups excluding carboxylic acids is 1. The third kappa shape index (κ3) is 2.74. The number of rotatable bonds is 2. The van der Waals surface area contributed by atoms with Crippen molar-refractivity contribution in [2.24, 2.45) is 0 Å². The van der Waals surface area contributed by atoms with Crippen LogP contribution in [0.5, 0.6) is 0 Å². The molecule has 0 bridgehead atoms. The molecule has 7 heteroatoms. The highest BCUT2D eigenvalue weighted by atomic mass is 127. The summed E-state index contributed by atoms with van der Waals surface area (Å²) in [4.78, 5) is 15.2. The number of aromatic nitrogens is 1. The van der Waals surface area contributed by atoms with Gasteiger partial charge in [-0.15, -0.1) is 0 Å². The van der Waals surface area contributed by atoms with Gasteiger partial charge in [0.25, 0.3) is 0 Å². The van der Waals surface area contributed by atoms with Gasteiger partial charge in [-0.3, -0.25) is 4.79 Å². The fourth-order valence-corrected chi connectivity index (χ4v) is 3.27. The highest BCUT2D eigenvalue weighted by Crippen LogP contribution is 2.33. The Kier molecular flexibility index (Phi) is 3.85. The van der Waals surface area contributed by atoms with Crippen LogP contribution < -0.4 is 5.32 Å². The van der Waals surface area contributed by atoms with Crippen LogP contribution >= 0.6 is 56.5 Å². The molecule has 0 radical (unpaired) electrons. The monoisotopic (exact) mass is 460 g/mol. The summed E-state index contributed by atoms with van der Waals surface area (Å²) < 4.78 is 7.29. The Balaban J connectivity index is 2.35. The summed E-state index contributed by atoms with van der Waals surface area (Å²) in [6, 6.07) is 3.75. The average molecular weight is 460 g/mol. The molecule has 4 nitrogen and oxygen atoms in total. The molecular formula is C9H6I2N2O2S. The minimum Gasteiger partial charge on any atom is -0.449 e. The summed E-state index contributed by atoms with van der Waals surface area (Å²) in [7, 11) is 0. The van der Waals surface area contributed by atoms with Crippen molar-refractivity contribution in [1.82, 2.24) is 4.98 Å². The van der Waals surface area contributed by atoms with Crippen LogP contribution in [-0.4, -0.2) is 10.9 Å². The van der Waals surface area contributed by atoms with Crippen LogP contribution in [0.3, 0.4) is 0 Å². The van der Waals surface area contributed by atoms with Crippen LogP contribution in [0.15, 0.2) is 16.5 Å². The van der Waals surface area contributed by atoms with Gasteiger partial charge in [-0.2, -0.15) is 0 Å². The number of nitrogens with zero attached hydrogens (tertiary/aromatic N) is 1. The Morgan fingerprint density at radius 3 is 2.81 bits per heavy atom. The highest BCUT2D eigenvalue weighted by molar-refractivity contribution is 14.1. The van der Waals surface area contributed by atoms with Gasteiger partial charge >= 0.3 is 0 Å². The van der Waals surface area contributed by atoms with Gasteiger partial charge in [0.15, 0.2) is 14.7 Å². The molecule has 0 fully saturated rings. The predicted octanol–water partition coefficient (Wildman–Crippen LogP) is 3.57. The molecule has 2 aromatic heterocycles. The number of thiazole rings is 1. The van der Waals surface area contributed by atoms with Crippen LogP contribution in [0, 0.1) is 6.65 Å². The van der Waals surface area contributed by atoms with Crippen molar-refractivity contribution in [2.75, 3.05) is 5.32 Å². The van der Waals surface area contributed by atoms with Gasteiger partial charge in [-0.05, 0) is 57.3 Å². The Hall–Kier alpha value is -0.160. The zero-order valence-electron chi connectivity index (χ0n) is 8.08. The minimum absolute atomic E-state index is 0.120. The van der Waals surface area contributed by atoms with Gasteiger partial charge in [-0.25, -0.2) is 4.98 Å². The third-order valence-corrected chi connectivity index (χ3v) is 4.19. The van der Waals surface area contributed by atoms with Gasteiger partial charge in [0.05, 0.1) is 2.88 Å². The van der Waals surface area contributed by atoms with E-state index in [2.05, 4.69) is 55.5 Å². The lowest BCUT2D eigenvalue weighted by molar-refractivity contribution is -0.114. The molecular weight excluding hydrogens is 454 g/mol. The van der Waals surface area contributed by atoms with Gasteiger partial charge in [0.2, 0.25) is 5.91 Å². The van der Waals surface area contributed by atoms with Gasteiger partial charge in [0, 0.05) is 6.92 Å². The molecule has 2 aromatic rings. The standard InChI is InChI=1S/C9H6I2N2O2S/c1-4(14)12-9-13-7(8(11)16-9)5-2-3-6(10)15-5/h2-3H,1H3,(H,12,13,14). The molecule has 0 spiro atoms. The number of hydrogen-bond donors (Lipinski definition) is 1. The molecule has 84 valence electrons. The fraction of sp³-hybridized carbons (Fsp3) is 0.111. The molecule has 0 saturated carbocycles. The van der Waals surface area contributed by atoms with Gasteiger partial charge in [-0.1, -0.05) is 11.3 Å². The first-order valence-corrected chi connectivity index (χ1v) is 7.23. The summed E-state index contributed by atoms with van der Waals surface area (Å²) in [5.41, 5.74) is 0.775. The van der Waals surface area contributed by atoms with Crippen molar-refractivity contribution >= 4 is 67.6 Å². The molecule has 0 aliphatic carbocycles. The Bertz CT molecular complexity index is 535. The second-order valence-corrected chi connectivity index (χ2v) is 6.80. The first-order valence-electron chi connectivity index (χ1n) is 4.26. The number of hydrogen-bond acceptors (Lipinski definition) is 4. The van der Waals surface area contributed by atoms with E-state index in [1.54, 1.807) is 0 Å². The molecule has 1 N–H and O–H groups in total. The topological polar surface area (TPSA) is 55.1 Å². The lowest BCUT2D eigenvalue weighted by Gasteiger charge is -1.92. The molecule has 16 heavy (non-hydrogen) atoms. The van der Waals surface area contributed by atoms with E-state index in [0.717, 1.165) is 18.1 Å². The lowest BCUT2D eigenvalue weighted by Crippen LogP contribution is -2.04. The molecule has 2 heterocycles. The van der Waals surface area contributed by atoms with Crippen molar-refractivity contribution in [3.63, 3.8) is 0 Å². The van der Waals surface area contributed by atoms with Gasteiger partial charge in [0.1, 0.15) is 5.69 Å². The first-order chi connectivity index (χ1) is 7.56. The summed E-state index contributed by atoms with van der Waals surface area (Å²) in [5.74, 6) is 0.604. The largest absolute Gasteiger partial charge is 0.449 e. The van der Waals surface area contributed by atoms with Crippen LogP contribution in [0.2, 0.25) is 0 Å². The summed E-state index contributed by atoms with van der Waals surface area (Å²) in [6.07, 6.45) is 0. The van der Waals surface area contributed by atoms with Crippen molar-refractivity contribution in [1.29, 1.82) is 0 Å². The van der Waals surface area contributed by atoms with Crippen LogP contribution in [0.1, 0.15) is 6.92 Å². The van der Waals surface area contributed by atoms with Gasteiger partial charge < -0.3 is 9.73 Å². The van der Waals surface area contributed by atoms with E-state index in [4.69, 9.17) is 4.42 Å². The maximum atomic E-state index is 10.9. The zero-order chi connectivity index (χ0) is 11.7. The molecule has 0 atom stereocenters. The van der Waals surface area contributed by atoms with Crippen molar-refractivity contribution in [3.05, 3.63) is 18.8 Å². The normalized spacial score (nSPS) is 10.4. The van der Waals surface area contributed by atoms with E-state index in [1.807, 2.05) is 12.1 Å². The number of nitrogens with one attached hydrogen (secondary N) is 1. The van der Waals surface area contributed by atoms with Crippen molar-refractivity contribution in [3.8, 4) is 11.5 Å². The maximum Gasteiger partial charge on any atom is 0.223 e. The minimum atomic E-state index is -0.120. The predicted molar refractivity (Wildman–Crippen MR) is 79.6 cm³/mol. The van der Waals surface area contributed by atoms with Crippen molar-refractivity contribution < 1.29 is 9.21 Å². The zero-order valence-corrected chi connectivity index (χ0v) is 13.2. The average Bonchev–Trinajstić information content (AvgIpc) is 2.72. The Morgan fingerprint density at radius 1 is 1.50 bits per heavy atom. The molecule has 0 unspecified atom stereocenters. The highest BCUT2D eigenvalue weighted by Gasteiger charge is 2.14. The number of amides is 1. The van der Waals surface area contributed by atoms with Crippen LogP contribution in [-0.2, 0) is 4.79 Å². The second kappa shape index (κ2) is 5.00. The molecule has 0 saturated heterocycles. The summed E-state index contributed by atoms with van der Waals surface area (Å²) >= 11 is 5.71. The Labute approximate surface area is 123 Å². The fourth-order valence-electron chi connectivity index (χ4n) is 1.10. The number of furan rings is 1. The molecule has 0 aliphatic rings. The van der Waals surface area contributed by atoms with E-state index in [1.165, 1.54) is 18.3 Å². The smallest absolute Gasteiger partial charge is 0.223 e. The van der Waals surface area contributed by atoms with E-state index in [0.29, 0.717) is 5.13 Å². The van der Waals surface area contributed by atoms with E-state index in [-0.39, 0.29) is 5.91 Å². The lowest BCUT2D eigenvalue weighted by atomic mass is 10.4. The summed E-state index contributed by atoms with van der Waals surface area (Å²) in [6.45, 7) is 1.46. The molecule has 2 rings (SSSR count). The summed E-state index contributed by atoms with van der Waals surface area (Å²) in [5, 5.41) is 3.26. The quantitative estimate of drug-likeness (QED) is 0.698. The van der Waals surface area contributed by atoms with Crippen LogP contribution in [0.25, 0.3) is 11.5 Å². The molecule has 0 aromatic carbocycles. The number of carbonyl (C=O) groups is 1. The van der Waals surface area contributed by atoms with Crippen molar-refractivity contribution in [2.45, 2.75) is 6.92 Å². The first kappa shape index (κ1) is 12.3. The SMILES string of the molecule is CC(=O)Nc1nc(-c2ccc(I)o2)c(I)s1. The third-order valence-electron chi connectivity index (χ3n) is 1.68. The second-order valence-electron chi connectivity index (χ2n) is 2.93. The van der Waals surface area contributed by atoms with E-state index in [9.17, 15) is 4.79 Å². The van der Waals surface area contributed by atoms with E-state index >= 15 is 0 Å². The maximum absolute atomic E-state index is 10.9. The number of anilines is 1. The van der Waals surface area contributed by atoms with E-state index < -0.39 is 0 Å². The Morgan fingerprint density at radius 2 is 2.25 bits per heavy atom.